The van der Waals surface area contributed by atoms with Gasteiger partial charge in [-0.25, -0.2) is 0 Å². The second kappa shape index (κ2) is 8.91. The molecule has 1 amide bonds. The van der Waals surface area contributed by atoms with E-state index in [9.17, 15) is 4.79 Å². The average Bonchev–Trinajstić information content (AvgIpc) is 2.55. The Morgan fingerprint density at radius 2 is 1.78 bits per heavy atom. The minimum Gasteiger partial charge on any atom is -0.340 e. The van der Waals surface area contributed by atoms with Gasteiger partial charge in [0.25, 0.3) is 0 Å². The Morgan fingerprint density at radius 1 is 1.13 bits per heavy atom. The van der Waals surface area contributed by atoms with Gasteiger partial charge in [0.1, 0.15) is 0 Å². The Bertz CT molecular complexity index is 524. The van der Waals surface area contributed by atoms with Crippen LogP contribution < -0.4 is 0 Å². The highest BCUT2D eigenvalue weighted by Crippen LogP contribution is 2.22. The fourth-order valence-electron chi connectivity index (χ4n) is 3.09. The van der Waals surface area contributed by atoms with Crippen LogP contribution in [0.25, 0.3) is 0 Å². The third kappa shape index (κ3) is 5.10. The van der Waals surface area contributed by atoms with Gasteiger partial charge in [0.05, 0.1) is 0 Å². The van der Waals surface area contributed by atoms with Crippen molar-refractivity contribution >= 4 is 29.1 Å². The molecule has 1 aromatic carbocycles. The second-order valence-electron chi connectivity index (χ2n) is 6.17. The Balaban J connectivity index is 1.79. The maximum Gasteiger partial charge on any atom is 0.225 e. The first-order chi connectivity index (χ1) is 11.0. The summed E-state index contributed by atoms with van der Waals surface area (Å²) < 4.78 is 0. The molecule has 0 unspecified atom stereocenters. The molecule has 0 atom stereocenters. The van der Waals surface area contributed by atoms with Crippen molar-refractivity contribution in [1.29, 1.82) is 0 Å². The number of carbonyl (C=O) groups is 1. The predicted molar refractivity (Wildman–Crippen MR) is 97.3 cm³/mol. The van der Waals surface area contributed by atoms with Gasteiger partial charge in [-0.3, -0.25) is 9.69 Å². The minimum atomic E-state index is 0.189. The fraction of sp³-hybridized carbons (Fsp3) is 0.611. The van der Waals surface area contributed by atoms with Crippen molar-refractivity contribution in [1.82, 2.24) is 9.80 Å². The van der Waals surface area contributed by atoms with E-state index in [1.165, 1.54) is 0 Å². The Labute approximate surface area is 149 Å². The molecule has 23 heavy (non-hydrogen) atoms. The number of halogens is 2. The van der Waals surface area contributed by atoms with E-state index in [1.807, 2.05) is 17.0 Å². The van der Waals surface area contributed by atoms with Gasteiger partial charge < -0.3 is 4.90 Å². The highest BCUT2D eigenvalue weighted by atomic mass is 35.5. The van der Waals surface area contributed by atoms with Gasteiger partial charge >= 0.3 is 0 Å². The molecule has 1 aromatic rings. The zero-order valence-electron chi connectivity index (χ0n) is 14.0. The third-order valence-electron chi connectivity index (χ3n) is 4.73. The van der Waals surface area contributed by atoms with Crippen LogP contribution in [0.3, 0.4) is 0 Å². The van der Waals surface area contributed by atoms with Crippen molar-refractivity contribution in [3.05, 3.63) is 33.8 Å². The highest BCUT2D eigenvalue weighted by Gasteiger charge is 2.25. The monoisotopic (exact) mass is 356 g/mol. The van der Waals surface area contributed by atoms with Crippen LogP contribution in [-0.4, -0.2) is 48.4 Å². The molecule has 1 fully saturated rings. The molecule has 0 aromatic heterocycles. The van der Waals surface area contributed by atoms with Gasteiger partial charge in [-0.05, 0) is 37.0 Å². The largest absolute Gasteiger partial charge is 0.340 e. The van der Waals surface area contributed by atoms with Crippen LogP contribution >= 0.6 is 23.2 Å². The van der Waals surface area contributed by atoms with E-state index in [0.29, 0.717) is 10.9 Å². The molecular formula is C18H26Cl2N2O. The van der Waals surface area contributed by atoms with Crippen LogP contribution in [0.2, 0.25) is 10.0 Å². The van der Waals surface area contributed by atoms with Crippen LogP contribution in [0.1, 0.15) is 32.3 Å². The van der Waals surface area contributed by atoms with Crippen LogP contribution in [0, 0.1) is 5.92 Å². The fourth-order valence-corrected chi connectivity index (χ4v) is 3.59. The van der Waals surface area contributed by atoms with E-state index in [1.54, 1.807) is 6.07 Å². The zero-order valence-corrected chi connectivity index (χ0v) is 15.5. The number of piperazine rings is 1. The number of rotatable bonds is 6. The van der Waals surface area contributed by atoms with Gasteiger partial charge in [-0.1, -0.05) is 43.1 Å². The summed E-state index contributed by atoms with van der Waals surface area (Å²) in [6, 6.07) is 5.68. The number of carbonyl (C=O) groups excluding carboxylic acids is 1. The SMILES string of the molecule is CCC(CC)C(=O)N1CCN(CCc2ccc(Cl)cc2Cl)CC1. The molecule has 3 nitrogen and oxygen atoms in total. The molecular weight excluding hydrogens is 331 g/mol. The van der Waals surface area contributed by atoms with Gasteiger partial charge in [-0.15, -0.1) is 0 Å². The van der Waals surface area contributed by atoms with Crippen molar-refractivity contribution in [2.75, 3.05) is 32.7 Å². The molecule has 2 rings (SSSR count). The number of amides is 1. The van der Waals surface area contributed by atoms with Crippen molar-refractivity contribution in [2.45, 2.75) is 33.1 Å². The van der Waals surface area contributed by atoms with Gasteiger partial charge in [0, 0.05) is 48.7 Å². The summed E-state index contributed by atoms with van der Waals surface area (Å²) in [5, 5.41) is 1.41. The summed E-state index contributed by atoms with van der Waals surface area (Å²) in [7, 11) is 0. The maximum absolute atomic E-state index is 12.4. The normalized spacial score (nSPS) is 16.1. The first-order valence-electron chi connectivity index (χ1n) is 8.50. The lowest BCUT2D eigenvalue weighted by Crippen LogP contribution is -2.50. The molecule has 0 bridgehead atoms. The molecule has 5 heteroatoms. The van der Waals surface area contributed by atoms with Crippen LogP contribution in [0.15, 0.2) is 18.2 Å². The van der Waals surface area contributed by atoms with E-state index in [0.717, 1.165) is 62.6 Å². The van der Waals surface area contributed by atoms with Crippen LogP contribution in [0.4, 0.5) is 0 Å². The van der Waals surface area contributed by atoms with Crippen molar-refractivity contribution < 1.29 is 4.79 Å². The van der Waals surface area contributed by atoms with Crippen LogP contribution in [-0.2, 0) is 11.2 Å². The van der Waals surface area contributed by atoms with E-state index in [-0.39, 0.29) is 5.92 Å². The molecule has 1 heterocycles. The molecule has 1 aliphatic rings. The molecule has 0 radical (unpaired) electrons. The Morgan fingerprint density at radius 3 is 2.35 bits per heavy atom. The van der Waals surface area contributed by atoms with E-state index >= 15 is 0 Å². The first-order valence-corrected chi connectivity index (χ1v) is 9.25. The van der Waals surface area contributed by atoms with Crippen molar-refractivity contribution in [3.8, 4) is 0 Å². The minimum absolute atomic E-state index is 0.189. The number of nitrogens with zero attached hydrogens (tertiary/aromatic N) is 2. The molecule has 1 aliphatic heterocycles. The Hall–Kier alpha value is -0.770. The van der Waals surface area contributed by atoms with Gasteiger partial charge in [0.15, 0.2) is 0 Å². The summed E-state index contributed by atoms with van der Waals surface area (Å²) in [6.07, 6.45) is 2.78. The molecule has 0 N–H and O–H groups in total. The average molecular weight is 357 g/mol. The predicted octanol–water partition coefficient (Wildman–Crippen LogP) is 4.12. The summed E-state index contributed by atoms with van der Waals surface area (Å²) in [5.74, 6) is 0.518. The van der Waals surface area contributed by atoms with Gasteiger partial charge in [-0.2, -0.15) is 0 Å². The van der Waals surface area contributed by atoms with Crippen molar-refractivity contribution in [2.24, 2.45) is 5.92 Å². The number of benzene rings is 1. The number of hydrogen-bond donors (Lipinski definition) is 0. The molecule has 0 aliphatic carbocycles. The van der Waals surface area contributed by atoms with E-state index < -0.39 is 0 Å². The maximum atomic E-state index is 12.4. The van der Waals surface area contributed by atoms with Crippen molar-refractivity contribution in [3.63, 3.8) is 0 Å². The van der Waals surface area contributed by atoms with E-state index in [4.69, 9.17) is 23.2 Å². The molecule has 128 valence electrons. The highest BCUT2D eigenvalue weighted by molar-refractivity contribution is 6.35. The van der Waals surface area contributed by atoms with E-state index in [2.05, 4.69) is 18.7 Å². The summed E-state index contributed by atoms with van der Waals surface area (Å²) in [6.45, 7) is 8.71. The molecule has 0 saturated carbocycles. The molecule has 0 spiro atoms. The molecule has 1 saturated heterocycles. The second-order valence-corrected chi connectivity index (χ2v) is 7.01. The quantitative estimate of drug-likeness (QED) is 0.765. The number of hydrogen-bond acceptors (Lipinski definition) is 2. The topological polar surface area (TPSA) is 23.6 Å². The smallest absolute Gasteiger partial charge is 0.225 e. The standard InChI is InChI=1S/C18H26Cl2N2O/c1-3-14(4-2)18(23)22-11-9-21(10-12-22)8-7-15-5-6-16(19)13-17(15)20/h5-6,13-14H,3-4,7-12H2,1-2H3. The third-order valence-corrected chi connectivity index (χ3v) is 5.32. The lowest BCUT2D eigenvalue weighted by atomic mass is 10.0. The van der Waals surface area contributed by atoms with Gasteiger partial charge in [0.2, 0.25) is 5.91 Å². The van der Waals surface area contributed by atoms with Crippen LogP contribution in [0.5, 0.6) is 0 Å². The summed E-state index contributed by atoms with van der Waals surface area (Å²) >= 11 is 12.2. The first kappa shape index (κ1) is 18.6. The summed E-state index contributed by atoms with van der Waals surface area (Å²) in [4.78, 5) is 16.8. The Kier molecular flexibility index (Phi) is 7.19. The lowest BCUT2D eigenvalue weighted by Gasteiger charge is -2.36. The zero-order chi connectivity index (χ0) is 16.8. The summed E-state index contributed by atoms with van der Waals surface area (Å²) in [5.41, 5.74) is 1.13. The lowest BCUT2D eigenvalue weighted by molar-refractivity contribution is -0.137.